The number of carbonyl (C=O) groups is 1. The number of amides is 1. The van der Waals surface area contributed by atoms with Gasteiger partial charge in [-0.05, 0) is 94.9 Å². The highest BCUT2D eigenvalue weighted by Gasteiger charge is 2.25. The fraction of sp³-hybridized carbons (Fsp3) is 0.0800. The molecule has 0 radical (unpaired) electrons. The van der Waals surface area contributed by atoms with Gasteiger partial charge in [-0.2, -0.15) is 0 Å². The summed E-state index contributed by atoms with van der Waals surface area (Å²) < 4.78 is 26.9. The van der Waals surface area contributed by atoms with E-state index in [4.69, 9.17) is 5.21 Å². The third-order valence-corrected chi connectivity index (χ3v) is 6.17. The molecular formula is C25H19F2NO2S. The van der Waals surface area contributed by atoms with E-state index in [1.165, 1.54) is 24.3 Å². The van der Waals surface area contributed by atoms with Crippen molar-refractivity contribution in [2.24, 2.45) is 0 Å². The third kappa shape index (κ3) is 4.60. The second-order valence-corrected chi connectivity index (χ2v) is 8.34. The smallest absolute Gasteiger partial charge is 0.247 e. The van der Waals surface area contributed by atoms with Crippen LogP contribution in [0.4, 0.5) is 8.78 Å². The van der Waals surface area contributed by atoms with Crippen LogP contribution in [0, 0.1) is 11.6 Å². The molecule has 1 amide bonds. The van der Waals surface area contributed by atoms with Gasteiger partial charge in [-0.15, -0.1) is 0 Å². The van der Waals surface area contributed by atoms with Crippen LogP contribution in [0.15, 0.2) is 82.1 Å². The Labute approximate surface area is 183 Å². The number of hydroxylamine groups is 1. The molecule has 6 heteroatoms. The van der Waals surface area contributed by atoms with E-state index in [0.717, 1.165) is 32.1 Å². The average molecular weight is 435 g/mol. The van der Waals surface area contributed by atoms with Crippen molar-refractivity contribution in [3.8, 4) is 0 Å². The lowest BCUT2D eigenvalue weighted by Crippen LogP contribution is -2.18. The van der Waals surface area contributed by atoms with E-state index in [-0.39, 0.29) is 18.1 Å². The van der Waals surface area contributed by atoms with E-state index in [0.29, 0.717) is 11.1 Å². The second-order valence-electron chi connectivity index (χ2n) is 7.19. The van der Waals surface area contributed by atoms with Gasteiger partial charge >= 0.3 is 0 Å². The van der Waals surface area contributed by atoms with Gasteiger partial charge in [0.1, 0.15) is 11.6 Å². The summed E-state index contributed by atoms with van der Waals surface area (Å²) in [4.78, 5) is 13.7. The minimum absolute atomic E-state index is 0.0383. The first-order valence-electron chi connectivity index (χ1n) is 9.63. The van der Waals surface area contributed by atoms with Gasteiger partial charge in [0, 0.05) is 9.79 Å². The number of carbonyl (C=O) groups excluding carboxylic acids is 1. The van der Waals surface area contributed by atoms with Crippen LogP contribution in [0.3, 0.4) is 0 Å². The van der Waals surface area contributed by atoms with Crippen LogP contribution in [0.1, 0.15) is 30.0 Å². The summed E-state index contributed by atoms with van der Waals surface area (Å²) >= 11 is 1.54. The van der Waals surface area contributed by atoms with E-state index in [9.17, 15) is 13.6 Å². The predicted octanol–water partition coefficient (Wildman–Crippen LogP) is 6.34. The van der Waals surface area contributed by atoms with Crippen molar-refractivity contribution in [2.75, 3.05) is 0 Å². The van der Waals surface area contributed by atoms with Crippen LogP contribution in [-0.2, 0) is 4.79 Å². The lowest BCUT2D eigenvalue weighted by Gasteiger charge is -2.06. The Morgan fingerprint density at radius 2 is 1.55 bits per heavy atom. The van der Waals surface area contributed by atoms with Crippen LogP contribution in [0.25, 0.3) is 17.2 Å². The first-order chi connectivity index (χ1) is 14.9. The minimum atomic E-state index is -0.548. The standard InChI is InChI=1S/C25H19F2NO2S/c1-15-22(21-11-6-18(27)13-24(21)23(15)14-25(29)28-30)12-16-2-7-19(8-3-16)31-20-9-4-17(26)5-10-20/h2-13,30H,14H2,1H3,(H,28,29)/b22-12-. The molecule has 3 nitrogen and oxygen atoms in total. The van der Waals surface area contributed by atoms with Gasteiger partial charge in [0.15, 0.2) is 0 Å². The van der Waals surface area contributed by atoms with E-state index < -0.39 is 5.91 Å². The molecule has 31 heavy (non-hydrogen) atoms. The number of nitrogens with one attached hydrogen (secondary N) is 1. The lowest BCUT2D eigenvalue weighted by atomic mass is 10.0. The topological polar surface area (TPSA) is 49.3 Å². The molecule has 1 aliphatic carbocycles. The Morgan fingerprint density at radius 1 is 0.935 bits per heavy atom. The third-order valence-electron chi connectivity index (χ3n) is 5.16. The molecule has 0 atom stereocenters. The monoisotopic (exact) mass is 435 g/mol. The number of fused-ring (bicyclic) bond motifs is 1. The van der Waals surface area contributed by atoms with E-state index in [1.54, 1.807) is 35.4 Å². The van der Waals surface area contributed by atoms with Gasteiger partial charge in [0.2, 0.25) is 5.91 Å². The molecule has 0 aromatic heterocycles. The molecule has 0 saturated carbocycles. The van der Waals surface area contributed by atoms with Gasteiger partial charge in [-0.3, -0.25) is 10.0 Å². The molecule has 156 valence electrons. The fourth-order valence-electron chi connectivity index (χ4n) is 3.62. The van der Waals surface area contributed by atoms with Gasteiger partial charge in [0.05, 0.1) is 6.42 Å². The normalized spacial score (nSPS) is 14.1. The van der Waals surface area contributed by atoms with Crippen molar-refractivity contribution in [2.45, 2.75) is 23.1 Å². The summed E-state index contributed by atoms with van der Waals surface area (Å²) in [5.74, 6) is -1.19. The zero-order chi connectivity index (χ0) is 22.0. The van der Waals surface area contributed by atoms with Crippen LogP contribution >= 0.6 is 11.8 Å². The molecule has 0 bridgehead atoms. The molecule has 1 aliphatic rings. The zero-order valence-corrected chi connectivity index (χ0v) is 17.5. The maximum Gasteiger partial charge on any atom is 0.247 e. The predicted molar refractivity (Wildman–Crippen MR) is 118 cm³/mol. The Bertz CT molecular complexity index is 1200. The molecule has 0 aliphatic heterocycles. The number of hydrogen-bond donors (Lipinski definition) is 2. The van der Waals surface area contributed by atoms with Crippen LogP contribution in [-0.4, -0.2) is 11.1 Å². The lowest BCUT2D eigenvalue weighted by molar-refractivity contribution is -0.128. The van der Waals surface area contributed by atoms with Crippen molar-refractivity contribution >= 4 is 34.9 Å². The summed E-state index contributed by atoms with van der Waals surface area (Å²) in [6.45, 7) is 1.89. The number of hydrogen-bond acceptors (Lipinski definition) is 3. The maximum absolute atomic E-state index is 13.9. The number of allylic oxidation sites excluding steroid dienone is 2. The minimum Gasteiger partial charge on any atom is -0.289 e. The summed E-state index contributed by atoms with van der Waals surface area (Å²) in [5.41, 5.74) is 6.59. The van der Waals surface area contributed by atoms with Crippen molar-refractivity contribution < 1.29 is 18.8 Å². The zero-order valence-electron chi connectivity index (χ0n) is 16.7. The number of rotatable bonds is 5. The molecular weight excluding hydrogens is 416 g/mol. The van der Waals surface area contributed by atoms with Crippen LogP contribution in [0.2, 0.25) is 0 Å². The molecule has 4 rings (SSSR count). The van der Waals surface area contributed by atoms with Crippen LogP contribution in [0.5, 0.6) is 0 Å². The molecule has 0 heterocycles. The fourth-order valence-corrected chi connectivity index (χ4v) is 4.44. The Hall–Kier alpha value is -3.22. The first-order valence-corrected chi connectivity index (χ1v) is 10.4. The Kier molecular flexibility index (Phi) is 6.02. The van der Waals surface area contributed by atoms with Crippen molar-refractivity contribution in [1.82, 2.24) is 5.48 Å². The Morgan fingerprint density at radius 3 is 2.19 bits per heavy atom. The number of halogens is 2. The Balaban J connectivity index is 1.64. The molecule has 0 spiro atoms. The highest BCUT2D eigenvalue weighted by molar-refractivity contribution is 7.99. The van der Waals surface area contributed by atoms with Crippen LogP contribution < -0.4 is 5.48 Å². The summed E-state index contributed by atoms with van der Waals surface area (Å²) in [6.07, 6.45) is 1.96. The molecule has 0 fully saturated rings. The number of benzene rings is 3. The molecule has 3 aromatic carbocycles. The molecule has 0 saturated heterocycles. The van der Waals surface area contributed by atoms with Gasteiger partial charge in [-0.1, -0.05) is 30.0 Å². The van der Waals surface area contributed by atoms with Crippen molar-refractivity contribution in [3.63, 3.8) is 0 Å². The SMILES string of the molecule is CC1=C(CC(=O)NO)c2cc(F)ccc2/C1=C\c1ccc(Sc2ccc(F)cc2)cc1. The summed E-state index contributed by atoms with van der Waals surface area (Å²) in [6, 6.07) is 18.8. The molecule has 0 unspecified atom stereocenters. The van der Waals surface area contributed by atoms with Gasteiger partial charge < -0.3 is 0 Å². The van der Waals surface area contributed by atoms with E-state index >= 15 is 0 Å². The highest BCUT2D eigenvalue weighted by atomic mass is 32.2. The maximum atomic E-state index is 13.9. The van der Waals surface area contributed by atoms with Gasteiger partial charge in [0.25, 0.3) is 0 Å². The van der Waals surface area contributed by atoms with E-state index in [1.807, 2.05) is 37.3 Å². The quantitative estimate of drug-likeness (QED) is 0.363. The summed E-state index contributed by atoms with van der Waals surface area (Å²) in [7, 11) is 0. The van der Waals surface area contributed by atoms with Gasteiger partial charge in [-0.25, -0.2) is 14.3 Å². The molecule has 2 N–H and O–H groups in total. The second kappa shape index (κ2) is 8.88. The first kappa shape index (κ1) is 21.0. The highest BCUT2D eigenvalue weighted by Crippen LogP contribution is 2.44. The van der Waals surface area contributed by atoms with Crippen molar-refractivity contribution in [3.05, 3.63) is 101 Å². The average Bonchev–Trinajstić information content (AvgIpc) is 3.01. The van der Waals surface area contributed by atoms with E-state index in [2.05, 4.69) is 0 Å². The summed E-state index contributed by atoms with van der Waals surface area (Å²) in [5, 5.41) is 8.90. The largest absolute Gasteiger partial charge is 0.289 e. The van der Waals surface area contributed by atoms with Crippen molar-refractivity contribution in [1.29, 1.82) is 0 Å². The molecule has 3 aromatic rings.